The van der Waals surface area contributed by atoms with Crippen LogP contribution in [0.3, 0.4) is 0 Å². The molecule has 4 rings (SSSR count). The monoisotopic (exact) mass is 348 g/mol. The van der Waals surface area contributed by atoms with E-state index >= 15 is 0 Å². The van der Waals surface area contributed by atoms with Crippen molar-refractivity contribution in [2.24, 2.45) is 0 Å². The van der Waals surface area contributed by atoms with Gasteiger partial charge in [-0.2, -0.15) is 0 Å². The first-order valence-electron chi connectivity index (χ1n) is 8.71. The molecule has 26 heavy (non-hydrogen) atoms. The summed E-state index contributed by atoms with van der Waals surface area (Å²) in [5, 5.41) is 1.57. The molecule has 0 N–H and O–H groups in total. The van der Waals surface area contributed by atoms with Gasteiger partial charge < -0.3 is 9.47 Å². The Labute approximate surface area is 152 Å². The molecule has 2 aliphatic carbocycles. The van der Waals surface area contributed by atoms with Gasteiger partial charge in [-0.1, -0.05) is 35.9 Å². The third kappa shape index (κ3) is 2.37. The molecule has 0 aromatic heterocycles. The molecule has 2 aromatic carbocycles. The molecular weight excluding hydrogens is 328 g/mol. The van der Waals surface area contributed by atoms with Crippen LogP contribution in [0, 0.1) is 6.92 Å². The van der Waals surface area contributed by atoms with E-state index in [9.17, 15) is 9.59 Å². The van der Waals surface area contributed by atoms with Crippen LogP contribution in [0.4, 0.5) is 0 Å². The van der Waals surface area contributed by atoms with Crippen molar-refractivity contribution in [1.82, 2.24) is 0 Å². The Morgan fingerprint density at radius 1 is 1.12 bits per heavy atom. The van der Waals surface area contributed by atoms with Crippen molar-refractivity contribution in [2.75, 3.05) is 0 Å². The predicted octanol–water partition coefficient (Wildman–Crippen LogP) is 4.70. The molecule has 2 atom stereocenters. The minimum absolute atomic E-state index is 0.176. The molecule has 0 amide bonds. The van der Waals surface area contributed by atoms with E-state index in [0.717, 1.165) is 33.9 Å². The number of carbonyl (C=O) groups excluding carboxylic acids is 2. The van der Waals surface area contributed by atoms with Crippen molar-refractivity contribution in [1.29, 1.82) is 0 Å². The normalized spacial score (nSPS) is 19.9. The molecule has 0 heterocycles. The first-order valence-corrected chi connectivity index (χ1v) is 8.71. The fourth-order valence-electron chi connectivity index (χ4n) is 4.29. The molecule has 132 valence electrons. The van der Waals surface area contributed by atoms with E-state index in [4.69, 9.17) is 9.47 Å². The van der Waals surface area contributed by atoms with Crippen LogP contribution in [-0.4, -0.2) is 11.9 Å². The lowest BCUT2D eigenvalue weighted by molar-refractivity contribution is -0.132. The number of rotatable bonds is 3. The number of ether oxygens (including phenoxy) is 2. The Kier molecular flexibility index (Phi) is 3.72. The topological polar surface area (TPSA) is 52.6 Å². The fourth-order valence-corrected chi connectivity index (χ4v) is 4.29. The lowest BCUT2D eigenvalue weighted by Gasteiger charge is -2.23. The molecular formula is C22H20O4. The van der Waals surface area contributed by atoms with E-state index in [1.165, 1.54) is 18.6 Å². The molecule has 0 saturated heterocycles. The van der Waals surface area contributed by atoms with E-state index in [-0.39, 0.29) is 17.8 Å². The summed E-state index contributed by atoms with van der Waals surface area (Å²) < 4.78 is 11.4. The Morgan fingerprint density at radius 3 is 2.54 bits per heavy atom. The number of allylic oxidation sites excluding steroid dienone is 2. The Bertz CT molecular complexity index is 1010. The second-order valence-corrected chi connectivity index (χ2v) is 7.06. The number of hydrogen-bond acceptors (Lipinski definition) is 4. The van der Waals surface area contributed by atoms with Crippen LogP contribution in [0.15, 0.2) is 42.5 Å². The van der Waals surface area contributed by atoms with E-state index in [2.05, 4.69) is 19.6 Å². The van der Waals surface area contributed by atoms with Crippen LogP contribution in [0.25, 0.3) is 10.8 Å². The van der Waals surface area contributed by atoms with Gasteiger partial charge in [0.25, 0.3) is 0 Å². The van der Waals surface area contributed by atoms with Crippen LogP contribution in [0.1, 0.15) is 48.8 Å². The Morgan fingerprint density at radius 2 is 1.85 bits per heavy atom. The molecule has 2 bridgehead atoms. The maximum Gasteiger partial charge on any atom is 0.335 e. The first-order chi connectivity index (χ1) is 12.4. The van der Waals surface area contributed by atoms with Crippen molar-refractivity contribution in [3.8, 4) is 11.5 Å². The van der Waals surface area contributed by atoms with Crippen LogP contribution < -0.4 is 9.47 Å². The van der Waals surface area contributed by atoms with Crippen molar-refractivity contribution < 1.29 is 19.1 Å². The fraction of sp³-hybridized carbons (Fsp3) is 0.273. The third-order valence-corrected chi connectivity index (χ3v) is 5.28. The van der Waals surface area contributed by atoms with Gasteiger partial charge in [0.2, 0.25) is 0 Å². The van der Waals surface area contributed by atoms with Gasteiger partial charge in [0.1, 0.15) is 11.5 Å². The number of fused-ring (bicyclic) bond motifs is 6. The maximum absolute atomic E-state index is 12.0. The second kappa shape index (κ2) is 5.84. The smallest absolute Gasteiger partial charge is 0.335 e. The quantitative estimate of drug-likeness (QED) is 0.349. The van der Waals surface area contributed by atoms with E-state index in [1.807, 2.05) is 25.1 Å². The van der Waals surface area contributed by atoms with Gasteiger partial charge in [-0.3, -0.25) is 4.79 Å². The largest absolute Gasteiger partial charge is 0.426 e. The molecule has 0 spiro atoms. The highest BCUT2D eigenvalue weighted by Crippen LogP contribution is 2.60. The molecule has 4 heteroatoms. The van der Waals surface area contributed by atoms with Gasteiger partial charge in [0.15, 0.2) is 0 Å². The summed E-state index contributed by atoms with van der Waals surface area (Å²) in [5.41, 5.74) is 4.25. The summed E-state index contributed by atoms with van der Waals surface area (Å²) in [6.45, 7) is 9.00. The molecule has 2 unspecified atom stereocenters. The average molecular weight is 348 g/mol. The number of benzene rings is 2. The standard InChI is InChI=1S/C22H20O4/c1-5-18(24)26-21-15-7-6-11(2)8-17(15)22(25-13(4)23)19-14-9-12(3)16(10-14)20(19)21/h5-9,14,16H,1,10H2,2-4H3. The van der Waals surface area contributed by atoms with Crippen LogP contribution >= 0.6 is 0 Å². The molecule has 0 radical (unpaired) electrons. The summed E-state index contributed by atoms with van der Waals surface area (Å²) in [6, 6.07) is 5.86. The van der Waals surface area contributed by atoms with Crippen LogP contribution in [-0.2, 0) is 9.59 Å². The highest BCUT2D eigenvalue weighted by Gasteiger charge is 2.42. The number of carbonyl (C=O) groups is 2. The molecule has 0 saturated carbocycles. The lowest BCUT2D eigenvalue weighted by Crippen LogP contribution is -2.12. The zero-order chi connectivity index (χ0) is 18.6. The van der Waals surface area contributed by atoms with Crippen molar-refractivity contribution >= 4 is 22.7 Å². The number of aryl methyl sites for hydroxylation is 1. The summed E-state index contributed by atoms with van der Waals surface area (Å²) in [5.74, 6) is 0.683. The first kappa shape index (κ1) is 16.6. The predicted molar refractivity (Wildman–Crippen MR) is 99.7 cm³/mol. The van der Waals surface area contributed by atoms with Crippen molar-refractivity contribution in [3.63, 3.8) is 0 Å². The summed E-state index contributed by atoms with van der Waals surface area (Å²) in [4.78, 5) is 23.8. The minimum Gasteiger partial charge on any atom is -0.426 e. The summed E-state index contributed by atoms with van der Waals surface area (Å²) in [6.07, 6.45) is 4.31. The molecule has 2 aliphatic rings. The van der Waals surface area contributed by atoms with Gasteiger partial charge in [-0.25, -0.2) is 4.79 Å². The SMILES string of the molecule is C=CC(=O)Oc1c2c(c(OC(C)=O)c3cc(C)ccc13)C1C=C(C)C2C1. The zero-order valence-electron chi connectivity index (χ0n) is 15.1. The summed E-state index contributed by atoms with van der Waals surface area (Å²) in [7, 11) is 0. The van der Waals surface area contributed by atoms with Gasteiger partial charge in [-0.05, 0) is 26.3 Å². The van der Waals surface area contributed by atoms with Crippen LogP contribution in [0.5, 0.6) is 11.5 Å². The molecule has 4 nitrogen and oxygen atoms in total. The van der Waals surface area contributed by atoms with Crippen molar-refractivity contribution in [3.05, 3.63) is 59.2 Å². The second-order valence-electron chi connectivity index (χ2n) is 7.06. The third-order valence-electron chi connectivity index (χ3n) is 5.28. The van der Waals surface area contributed by atoms with Gasteiger partial charge >= 0.3 is 11.9 Å². The highest BCUT2D eigenvalue weighted by molar-refractivity contribution is 6.01. The number of hydrogen-bond donors (Lipinski definition) is 0. The molecule has 2 aromatic rings. The average Bonchev–Trinajstić information content (AvgIpc) is 3.14. The zero-order valence-corrected chi connectivity index (χ0v) is 15.1. The molecule has 0 aliphatic heterocycles. The van der Waals surface area contributed by atoms with E-state index < -0.39 is 5.97 Å². The highest BCUT2D eigenvalue weighted by atomic mass is 16.5. The summed E-state index contributed by atoms with van der Waals surface area (Å²) >= 11 is 0. The maximum atomic E-state index is 12.0. The number of esters is 2. The van der Waals surface area contributed by atoms with Gasteiger partial charge in [0, 0.05) is 46.7 Å². The van der Waals surface area contributed by atoms with E-state index in [1.54, 1.807) is 0 Å². The Hall–Kier alpha value is -2.88. The van der Waals surface area contributed by atoms with Crippen LogP contribution in [0.2, 0.25) is 0 Å². The van der Waals surface area contributed by atoms with Crippen molar-refractivity contribution in [2.45, 2.75) is 39.0 Å². The van der Waals surface area contributed by atoms with Gasteiger partial charge in [0.05, 0.1) is 0 Å². The minimum atomic E-state index is -0.487. The lowest BCUT2D eigenvalue weighted by atomic mass is 9.87. The van der Waals surface area contributed by atoms with Gasteiger partial charge in [-0.15, -0.1) is 0 Å². The molecule has 0 fully saturated rings. The Balaban J connectivity index is 2.09. The van der Waals surface area contributed by atoms with E-state index in [0.29, 0.717) is 11.5 Å².